The van der Waals surface area contributed by atoms with E-state index >= 15 is 0 Å². The third kappa shape index (κ3) is 3.52. The summed E-state index contributed by atoms with van der Waals surface area (Å²) in [5, 5.41) is 11.8. The van der Waals surface area contributed by atoms with E-state index in [0.29, 0.717) is 5.75 Å². The Kier molecular flexibility index (Phi) is 5.05. The molecule has 0 aliphatic rings. The largest absolute Gasteiger partial charge is 0.506 e. The number of hydrogen-bond acceptors (Lipinski definition) is 1. The lowest BCUT2D eigenvalue weighted by Gasteiger charge is -2.19. The summed E-state index contributed by atoms with van der Waals surface area (Å²) in [6.45, 7) is 11.2. The van der Waals surface area contributed by atoms with Crippen LogP contribution < -0.4 is 9.88 Å². The number of aromatic amines is 1. The SMILES string of the molecule is CC[NH+](Cc1ccccc1)Cc1c(C)[nH+]c2c(C)c(C)ccc2c1O. The first-order valence-electron chi connectivity index (χ1n) is 9.02. The van der Waals surface area contributed by atoms with E-state index in [9.17, 15) is 5.11 Å². The number of fused-ring (bicyclic) bond motifs is 1. The van der Waals surface area contributed by atoms with Crippen LogP contribution in [0.4, 0.5) is 0 Å². The lowest BCUT2D eigenvalue weighted by atomic mass is 10.0. The first-order chi connectivity index (χ1) is 12.0. The molecule has 0 amide bonds. The fraction of sp³-hybridized carbons (Fsp3) is 0.318. The highest BCUT2D eigenvalue weighted by molar-refractivity contribution is 5.86. The van der Waals surface area contributed by atoms with Crippen LogP contribution in [-0.4, -0.2) is 11.7 Å². The number of rotatable bonds is 5. The van der Waals surface area contributed by atoms with E-state index in [1.165, 1.54) is 21.6 Å². The smallest absolute Gasteiger partial charge is 0.217 e. The molecule has 130 valence electrons. The molecular weight excluding hydrogens is 308 g/mol. The third-order valence-electron chi connectivity index (χ3n) is 5.27. The van der Waals surface area contributed by atoms with Crippen molar-refractivity contribution in [2.45, 2.75) is 40.8 Å². The normalized spacial score (nSPS) is 12.5. The van der Waals surface area contributed by atoms with Crippen LogP contribution in [-0.2, 0) is 13.1 Å². The lowest BCUT2D eigenvalue weighted by molar-refractivity contribution is -0.926. The van der Waals surface area contributed by atoms with Crippen molar-refractivity contribution in [2.24, 2.45) is 0 Å². The van der Waals surface area contributed by atoms with Crippen LogP contribution in [0.3, 0.4) is 0 Å². The molecule has 1 aromatic heterocycles. The zero-order chi connectivity index (χ0) is 18.0. The van der Waals surface area contributed by atoms with Crippen LogP contribution in [0.25, 0.3) is 10.9 Å². The molecule has 25 heavy (non-hydrogen) atoms. The van der Waals surface area contributed by atoms with Crippen LogP contribution in [0.5, 0.6) is 5.75 Å². The van der Waals surface area contributed by atoms with Gasteiger partial charge < -0.3 is 10.0 Å². The van der Waals surface area contributed by atoms with Gasteiger partial charge in [0.15, 0.2) is 5.69 Å². The first kappa shape index (κ1) is 17.4. The van der Waals surface area contributed by atoms with E-state index < -0.39 is 0 Å². The zero-order valence-corrected chi connectivity index (χ0v) is 15.6. The van der Waals surface area contributed by atoms with Crippen LogP contribution in [0.2, 0.25) is 0 Å². The van der Waals surface area contributed by atoms with Crippen LogP contribution in [0, 0.1) is 20.8 Å². The summed E-state index contributed by atoms with van der Waals surface area (Å²) < 4.78 is 0. The molecule has 0 saturated carbocycles. The average molecular weight is 336 g/mol. The molecule has 0 spiro atoms. The van der Waals surface area contributed by atoms with Gasteiger partial charge in [-0.2, -0.15) is 0 Å². The Morgan fingerprint density at radius 2 is 1.68 bits per heavy atom. The molecule has 0 radical (unpaired) electrons. The molecule has 1 atom stereocenters. The van der Waals surface area contributed by atoms with Crippen molar-refractivity contribution in [3.8, 4) is 5.75 Å². The van der Waals surface area contributed by atoms with Gasteiger partial charge in [-0.15, -0.1) is 0 Å². The number of aryl methyl sites for hydroxylation is 3. The highest BCUT2D eigenvalue weighted by atomic mass is 16.3. The van der Waals surface area contributed by atoms with Crippen molar-refractivity contribution in [2.75, 3.05) is 6.54 Å². The Hall–Kier alpha value is -2.39. The minimum Gasteiger partial charge on any atom is -0.506 e. The van der Waals surface area contributed by atoms with Gasteiger partial charge in [0.05, 0.1) is 11.9 Å². The molecule has 0 bridgehead atoms. The van der Waals surface area contributed by atoms with Crippen LogP contribution in [0.1, 0.15) is 34.9 Å². The maximum absolute atomic E-state index is 10.9. The zero-order valence-electron chi connectivity index (χ0n) is 15.6. The first-order valence-corrected chi connectivity index (χ1v) is 9.02. The Balaban J connectivity index is 1.96. The van der Waals surface area contributed by atoms with Crippen LogP contribution in [0.15, 0.2) is 42.5 Å². The summed E-state index contributed by atoms with van der Waals surface area (Å²) in [6.07, 6.45) is 0. The van der Waals surface area contributed by atoms with E-state index in [0.717, 1.165) is 41.8 Å². The number of H-pyrrole nitrogens is 1. The number of benzene rings is 2. The number of nitrogens with one attached hydrogen (secondary N) is 2. The monoisotopic (exact) mass is 336 g/mol. The van der Waals surface area contributed by atoms with Gasteiger partial charge in [-0.1, -0.05) is 36.4 Å². The van der Waals surface area contributed by atoms with Crippen molar-refractivity contribution in [3.05, 3.63) is 70.4 Å². The molecule has 0 aliphatic carbocycles. The van der Waals surface area contributed by atoms with Crippen molar-refractivity contribution in [3.63, 3.8) is 0 Å². The number of hydrogen-bond donors (Lipinski definition) is 2. The number of aromatic nitrogens is 1. The topological polar surface area (TPSA) is 38.8 Å². The standard InChI is InChI=1S/C22H26N2O/c1-5-24(13-18-9-7-6-8-10-18)14-20-17(4)23-21-16(3)15(2)11-12-19(21)22(20)25/h6-12H,5,13-14H2,1-4H3,(H,23,25)/p+2. The molecule has 0 fully saturated rings. The Labute approximate surface area is 149 Å². The molecule has 1 heterocycles. The minimum atomic E-state index is 0.424. The molecule has 1 unspecified atom stereocenters. The second kappa shape index (κ2) is 7.24. The summed E-state index contributed by atoms with van der Waals surface area (Å²) in [5.74, 6) is 0.424. The quantitative estimate of drug-likeness (QED) is 0.739. The molecule has 2 aromatic carbocycles. The van der Waals surface area contributed by atoms with E-state index in [1.807, 2.05) is 12.1 Å². The molecule has 3 nitrogen and oxygen atoms in total. The van der Waals surface area contributed by atoms with Gasteiger partial charge in [0, 0.05) is 18.1 Å². The molecule has 3 rings (SSSR count). The summed E-state index contributed by atoms with van der Waals surface area (Å²) in [4.78, 5) is 4.96. The summed E-state index contributed by atoms with van der Waals surface area (Å²) in [6, 6.07) is 14.7. The maximum atomic E-state index is 10.9. The number of pyridine rings is 1. The molecular formula is C22H28N2O+2. The van der Waals surface area contributed by atoms with Crippen molar-refractivity contribution >= 4 is 10.9 Å². The van der Waals surface area contributed by atoms with Gasteiger partial charge in [0.2, 0.25) is 5.52 Å². The van der Waals surface area contributed by atoms with E-state index in [2.05, 4.69) is 63.0 Å². The van der Waals surface area contributed by atoms with E-state index in [-0.39, 0.29) is 0 Å². The lowest BCUT2D eigenvalue weighted by Crippen LogP contribution is -3.09. The molecule has 3 aromatic rings. The summed E-state index contributed by atoms with van der Waals surface area (Å²) in [5.41, 5.74) is 6.88. The maximum Gasteiger partial charge on any atom is 0.217 e. The van der Waals surface area contributed by atoms with Crippen LogP contribution >= 0.6 is 0 Å². The molecule has 0 aliphatic heterocycles. The average Bonchev–Trinajstić information content (AvgIpc) is 2.62. The van der Waals surface area contributed by atoms with Gasteiger partial charge in [-0.05, 0) is 32.4 Å². The highest BCUT2D eigenvalue weighted by Gasteiger charge is 2.22. The summed E-state index contributed by atoms with van der Waals surface area (Å²) in [7, 11) is 0. The van der Waals surface area contributed by atoms with Crippen molar-refractivity contribution in [1.82, 2.24) is 0 Å². The van der Waals surface area contributed by atoms with E-state index in [4.69, 9.17) is 0 Å². The van der Waals surface area contributed by atoms with Gasteiger partial charge in [0.1, 0.15) is 24.4 Å². The van der Waals surface area contributed by atoms with Crippen molar-refractivity contribution in [1.29, 1.82) is 0 Å². The summed E-state index contributed by atoms with van der Waals surface area (Å²) >= 11 is 0. The Morgan fingerprint density at radius 3 is 2.36 bits per heavy atom. The highest BCUT2D eigenvalue weighted by Crippen LogP contribution is 2.29. The second-order valence-corrected chi connectivity index (χ2v) is 6.95. The number of aromatic hydroxyl groups is 1. The Morgan fingerprint density at radius 1 is 0.960 bits per heavy atom. The Bertz CT molecular complexity index is 888. The fourth-order valence-electron chi connectivity index (χ4n) is 3.44. The van der Waals surface area contributed by atoms with Gasteiger partial charge in [-0.3, -0.25) is 0 Å². The fourth-order valence-corrected chi connectivity index (χ4v) is 3.44. The minimum absolute atomic E-state index is 0.424. The van der Waals surface area contributed by atoms with Gasteiger partial charge in [-0.25, -0.2) is 4.98 Å². The van der Waals surface area contributed by atoms with Gasteiger partial charge in [0.25, 0.3) is 0 Å². The van der Waals surface area contributed by atoms with Gasteiger partial charge >= 0.3 is 0 Å². The third-order valence-corrected chi connectivity index (χ3v) is 5.27. The number of quaternary nitrogens is 1. The van der Waals surface area contributed by atoms with E-state index in [1.54, 1.807) is 0 Å². The predicted molar refractivity (Wildman–Crippen MR) is 102 cm³/mol. The second-order valence-electron chi connectivity index (χ2n) is 6.95. The predicted octanol–water partition coefficient (Wildman–Crippen LogP) is 2.89. The molecule has 3 N–H and O–H groups in total. The molecule has 3 heteroatoms. The van der Waals surface area contributed by atoms with Crippen molar-refractivity contribution < 1.29 is 15.0 Å². The molecule has 0 saturated heterocycles.